The molecule has 0 atom stereocenters. The minimum atomic E-state index is -4.59. The molecule has 0 unspecified atom stereocenters. The van der Waals surface area contributed by atoms with Crippen LogP contribution in [0.4, 0.5) is 18.9 Å². The van der Waals surface area contributed by atoms with Gasteiger partial charge in [-0.25, -0.2) is 9.98 Å². The molecule has 0 amide bonds. The highest BCUT2D eigenvalue weighted by molar-refractivity contribution is 5.92. The topological polar surface area (TPSA) is 101 Å². The number of rotatable bonds is 4. The largest absolute Gasteiger partial charge is 0.497 e. The van der Waals surface area contributed by atoms with Crippen LogP contribution < -0.4 is 15.8 Å². The number of aromatic amines is 1. The molecule has 0 saturated carbocycles. The second-order valence-corrected chi connectivity index (χ2v) is 4.16. The molecule has 1 aromatic carbocycles. The Hall–Kier alpha value is -2.78. The number of halogens is 3. The number of nitrogens with zero attached hydrogens (tertiary/aromatic N) is 3. The number of nitrogens with one attached hydrogen (secondary N) is 2. The number of aliphatic imine (C=N–C) groups is 1. The fourth-order valence-corrected chi connectivity index (χ4v) is 1.54. The van der Waals surface area contributed by atoms with Crippen LogP contribution in [0.5, 0.6) is 5.75 Å². The van der Waals surface area contributed by atoms with Crippen molar-refractivity contribution in [1.29, 1.82) is 0 Å². The Balaban J connectivity index is 1.99. The van der Waals surface area contributed by atoms with Crippen molar-refractivity contribution in [2.24, 2.45) is 10.7 Å². The van der Waals surface area contributed by atoms with Crippen LogP contribution in [0, 0.1) is 0 Å². The van der Waals surface area contributed by atoms with E-state index in [0.717, 1.165) is 0 Å². The minimum absolute atomic E-state index is 0.0261. The zero-order valence-corrected chi connectivity index (χ0v) is 11.5. The summed E-state index contributed by atoms with van der Waals surface area (Å²) in [7, 11) is 1.53. The number of H-pyrrole nitrogens is 1. The Kier molecular flexibility index (Phi) is 4.49. The number of anilines is 1. The Labute approximate surface area is 123 Å². The van der Waals surface area contributed by atoms with Gasteiger partial charge in [0.15, 0.2) is 5.96 Å². The average molecular weight is 314 g/mol. The molecule has 0 aliphatic carbocycles. The molecule has 0 saturated heterocycles. The SMILES string of the molecule is COc1cccc(NC(N)=NCc2nc(C(F)(F)F)n[nH]2)c1. The molecular weight excluding hydrogens is 301 g/mol. The van der Waals surface area contributed by atoms with E-state index in [0.29, 0.717) is 11.4 Å². The molecule has 0 aliphatic heterocycles. The van der Waals surface area contributed by atoms with E-state index in [2.05, 4.69) is 25.5 Å². The van der Waals surface area contributed by atoms with Crippen molar-refractivity contribution in [3.05, 3.63) is 35.9 Å². The van der Waals surface area contributed by atoms with Gasteiger partial charge >= 0.3 is 6.18 Å². The number of methoxy groups -OCH3 is 1. The van der Waals surface area contributed by atoms with Crippen LogP contribution in [0.25, 0.3) is 0 Å². The Morgan fingerprint density at radius 3 is 2.86 bits per heavy atom. The van der Waals surface area contributed by atoms with Crippen molar-refractivity contribution in [2.75, 3.05) is 12.4 Å². The molecule has 7 nitrogen and oxygen atoms in total. The van der Waals surface area contributed by atoms with Crippen molar-refractivity contribution < 1.29 is 17.9 Å². The van der Waals surface area contributed by atoms with Gasteiger partial charge in [-0.1, -0.05) is 6.07 Å². The third-order valence-corrected chi connectivity index (χ3v) is 2.53. The number of hydrogen-bond donors (Lipinski definition) is 3. The van der Waals surface area contributed by atoms with Crippen molar-refractivity contribution in [3.63, 3.8) is 0 Å². The van der Waals surface area contributed by atoms with Crippen LogP contribution >= 0.6 is 0 Å². The molecule has 1 aromatic heterocycles. The number of alkyl halides is 3. The van der Waals surface area contributed by atoms with Crippen LogP contribution in [-0.2, 0) is 12.7 Å². The van der Waals surface area contributed by atoms with Gasteiger partial charge in [-0.15, -0.1) is 5.10 Å². The van der Waals surface area contributed by atoms with E-state index in [4.69, 9.17) is 10.5 Å². The lowest BCUT2D eigenvalue weighted by Crippen LogP contribution is -2.22. The first-order chi connectivity index (χ1) is 10.4. The molecule has 0 aliphatic rings. The highest BCUT2D eigenvalue weighted by atomic mass is 19.4. The van der Waals surface area contributed by atoms with Gasteiger partial charge in [0, 0.05) is 11.8 Å². The van der Waals surface area contributed by atoms with Gasteiger partial charge < -0.3 is 15.8 Å². The lowest BCUT2D eigenvalue weighted by atomic mass is 10.3. The molecule has 0 spiro atoms. The standard InChI is InChI=1S/C12H13F3N6O/c1-22-8-4-2-3-7(5-8)18-11(16)17-6-9-19-10(21-20-9)12(13,14)15/h2-5H,6H2,1H3,(H3,16,17,18)(H,19,20,21). The number of nitrogens with two attached hydrogens (primary N) is 1. The number of benzene rings is 1. The van der Waals surface area contributed by atoms with Crippen LogP contribution in [0.1, 0.15) is 11.6 Å². The van der Waals surface area contributed by atoms with E-state index in [1.54, 1.807) is 24.3 Å². The van der Waals surface area contributed by atoms with Crippen molar-refractivity contribution in [3.8, 4) is 5.75 Å². The van der Waals surface area contributed by atoms with Crippen LogP contribution in [0.2, 0.25) is 0 Å². The fourth-order valence-electron chi connectivity index (χ4n) is 1.54. The summed E-state index contributed by atoms with van der Waals surface area (Å²) in [5.74, 6) is -0.624. The molecule has 2 rings (SSSR count). The second kappa shape index (κ2) is 6.33. The van der Waals surface area contributed by atoms with Gasteiger partial charge in [-0.2, -0.15) is 13.2 Å². The quantitative estimate of drug-likeness (QED) is 0.589. The zero-order chi connectivity index (χ0) is 16.2. The normalized spacial score (nSPS) is 12.3. The summed E-state index contributed by atoms with van der Waals surface area (Å²) in [5.41, 5.74) is 6.28. The maximum absolute atomic E-state index is 12.3. The molecule has 2 aromatic rings. The summed E-state index contributed by atoms with van der Waals surface area (Å²) >= 11 is 0. The molecule has 22 heavy (non-hydrogen) atoms. The van der Waals surface area contributed by atoms with Crippen LogP contribution in [0.3, 0.4) is 0 Å². The average Bonchev–Trinajstić information content (AvgIpc) is 2.94. The summed E-state index contributed by atoms with van der Waals surface area (Å²) < 4.78 is 42.0. The Morgan fingerprint density at radius 1 is 1.45 bits per heavy atom. The maximum Gasteiger partial charge on any atom is 0.453 e. The predicted molar refractivity (Wildman–Crippen MR) is 73.3 cm³/mol. The van der Waals surface area contributed by atoms with E-state index >= 15 is 0 Å². The monoisotopic (exact) mass is 314 g/mol. The first-order valence-corrected chi connectivity index (χ1v) is 6.08. The third kappa shape index (κ3) is 4.11. The number of hydrogen-bond acceptors (Lipinski definition) is 4. The van der Waals surface area contributed by atoms with E-state index in [-0.39, 0.29) is 18.3 Å². The summed E-state index contributed by atoms with van der Waals surface area (Å²) in [4.78, 5) is 7.17. The number of guanidine groups is 1. The molecular formula is C12H13F3N6O. The maximum atomic E-state index is 12.3. The van der Waals surface area contributed by atoms with Gasteiger partial charge in [-0.05, 0) is 12.1 Å². The first kappa shape index (κ1) is 15.6. The van der Waals surface area contributed by atoms with E-state index < -0.39 is 12.0 Å². The van der Waals surface area contributed by atoms with Crippen molar-refractivity contribution in [2.45, 2.75) is 12.7 Å². The van der Waals surface area contributed by atoms with Crippen molar-refractivity contribution in [1.82, 2.24) is 15.2 Å². The van der Waals surface area contributed by atoms with E-state index in [1.165, 1.54) is 7.11 Å². The fraction of sp³-hybridized carbons (Fsp3) is 0.250. The molecule has 4 N–H and O–H groups in total. The van der Waals surface area contributed by atoms with Gasteiger partial charge in [0.05, 0.1) is 7.11 Å². The van der Waals surface area contributed by atoms with Gasteiger partial charge in [0.1, 0.15) is 18.1 Å². The third-order valence-electron chi connectivity index (χ3n) is 2.53. The van der Waals surface area contributed by atoms with E-state index in [1.807, 2.05) is 0 Å². The lowest BCUT2D eigenvalue weighted by molar-refractivity contribution is -0.144. The molecule has 0 radical (unpaired) electrons. The molecule has 118 valence electrons. The first-order valence-electron chi connectivity index (χ1n) is 6.08. The summed E-state index contributed by atoms with van der Waals surface area (Å²) in [6.45, 7) is -0.161. The molecule has 0 bridgehead atoms. The smallest absolute Gasteiger partial charge is 0.453 e. The second-order valence-electron chi connectivity index (χ2n) is 4.16. The van der Waals surface area contributed by atoms with Crippen molar-refractivity contribution >= 4 is 11.6 Å². The molecule has 10 heteroatoms. The van der Waals surface area contributed by atoms with Crippen LogP contribution in [-0.4, -0.2) is 28.3 Å². The van der Waals surface area contributed by atoms with Gasteiger partial charge in [-0.3, -0.25) is 5.10 Å². The summed E-state index contributed by atoms with van der Waals surface area (Å²) in [6, 6.07) is 6.94. The number of ether oxygens (including phenoxy) is 1. The summed E-state index contributed by atoms with van der Waals surface area (Å²) in [5, 5.41) is 8.01. The lowest BCUT2D eigenvalue weighted by Gasteiger charge is -2.06. The Bertz CT molecular complexity index is 667. The minimum Gasteiger partial charge on any atom is -0.497 e. The molecule has 0 fully saturated rings. The van der Waals surface area contributed by atoms with Gasteiger partial charge in [0.2, 0.25) is 0 Å². The van der Waals surface area contributed by atoms with Crippen LogP contribution in [0.15, 0.2) is 29.3 Å². The highest BCUT2D eigenvalue weighted by Gasteiger charge is 2.35. The Morgan fingerprint density at radius 2 is 2.23 bits per heavy atom. The predicted octanol–water partition coefficient (Wildman–Crippen LogP) is 1.76. The summed E-state index contributed by atoms with van der Waals surface area (Å²) in [6.07, 6.45) is -4.59. The van der Waals surface area contributed by atoms with E-state index in [9.17, 15) is 13.2 Å². The zero-order valence-electron chi connectivity index (χ0n) is 11.5. The number of aromatic nitrogens is 3. The van der Waals surface area contributed by atoms with Gasteiger partial charge in [0.25, 0.3) is 5.82 Å². The molecule has 1 heterocycles. The highest BCUT2D eigenvalue weighted by Crippen LogP contribution is 2.25.